The van der Waals surface area contributed by atoms with E-state index in [0.717, 1.165) is 16.5 Å². The number of rotatable bonds is 7. The van der Waals surface area contributed by atoms with Crippen molar-refractivity contribution in [3.8, 4) is 11.6 Å². The summed E-state index contributed by atoms with van der Waals surface area (Å²) in [6.45, 7) is 1.98. The lowest BCUT2D eigenvalue weighted by Crippen LogP contribution is -2.12. The number of amides is 1. The van der Waals surface area contributed by atoms with E-state index in [2.05, 4.69) is 27.4 Å². The van der Waals surface area contributed by atoms with Gasteiger partial charge in [-0.25, -0.2) is 14.8 Å². The summed E-state index contributed by atoms with van der Waals surface area (Å²) in [4.78, 5) is 32.9. The number of anilines is 1. The number of hydrogen-bond donors (Lipinski definition) is 1. The van der Waals surface area contributed by atoms with Crippen LogP contribution in [0.5, 0.6) is 11.6 Å². The Morgan fingerprint density at radius 2 is 1.85 bits per heavy atom. The van der Waals surface area contributed by atoms with Crippen LogP contribution in [0.25, 0.3) is 10.8 Å². The van der Waals surface area contributed by atoms with E-state index in [0.29, 0.717) is 17.2 Å². The Hall–Kier alpha value is -4.26. The normalized spacial score (nSPS) is 12.9. The fraction of sp³-hybridized carbons (Fsp3) is 0.185. The molecule has 5 rings (SSSR count). The fourth-order valence-electron chi connectivity index (χ4n) is 3.84. The molecule has 1 aromatic heterocycles. The maximum absolute atomic E-state index is 13.1. The first kappa shape index (κ1) is 21.6. The highest BCUT2D eigenvalue weighted by atomic mass is 16.5. The molecule has 1 N–H and O–H groups in total. The van der Waals surface area contributed by atoms with Gasteiger partial charge in [-0.15, -0.1) is 0 Å². The number of fused-ring (bicyclic) bond motifs is 1. The monoisotopic (exact) mass is 453 g/mol. The number of esters is 1. The van der Waals surface area contributed by atoms with Gasteiger partial charge in [-0.1, -0.05) is 24.3 Å². The smallest absolute Gasteiger partial charge is 0.357 e. The van der Waals surface area contributed by atoms with Gasteiger partial charge >= 0.3 is 5.97 Å². The summed E-state index contributed by atoms with van der Waals surface area (Å²) in [6.07, 6.45) is 3.68. The Morgan fingerprint density at radius 1 is 1.00 bits per heavy atom. The molecule has 0 spiro atoms. The second-order valence-corrected chi connectivity index (χ2v) is 8.11. The van der Waals surface area contributed by atoms with Crippen LogP contribution in [0, 0.1) is 0 Å². The lowest BCUT2D eigenvalue weighted by atomic mass is 10.0. The van der Waals surface area contributed by atoms with Crippen LogP contribution in [0.1, 0.15) is 52.1 Å². The van der Waals surface area contributed by atoms with Crippen LogP contribution < -0.4 is 10.1 Å². The number of nitrogens with zero attached hydrogens (tertiary/aromatic N) is 2. The van der Waals surface area contributed by atoms with E-state index in [-0.39, 0.29) is 24.1 Å². The van der Waals surface area contributed by atoms with Gasteiger partial charge in [0.2, 0.25) is 5.88 Å². The standard InChI is InChI=1S/C27H23N3O4/c1-2-33-27(32)24-15-25(29-16-28-24)34-21-11-12-22-19(14-21)6-4-8-23(22)26(31)30-20-7-3-5-18(13-20)17-9-10-17/h3-8,11-17H,2,9-10H2,1H3,(H,30,31). The third kappa shape index (κ3) is 4.73. The molecule has 1 aliphatic rings. The second-order valence-electron chi connectivity index (χ2n) is 8.11. The van der Waals surface area contributed by atoms with Crippen molar-refractivity contribution in [3.05, 3.63) is 89.9 Å². The summed E-state index contributed by atoms with van der Waals surface area (Å²) in [6, 6.07) is 20.5. The highest BCUT2D eigenvalue weighted by molar-refractivity contribution is 6.13. The van der Waals surface area contributed by atoms with E-state index in [1.807, 2.05) is 36.4 Å². The van der Waals surface area contributed by atoms with Crippen LogP contribution in [0.2, 0.25) is 0 Å². The van der Waals surface area contributed by atoms with Crippen molar-refractivity contribution in [2.75, 3.05) is 11.9 Å². The van der Waals surface area contributed by atoms with Crippen molar-refractivity contribution >= 4 is 28.3 Å². The number of hydrogen-bond acceptors (Lipinski definition) is 6. The molecule has 0 saturated heterocycles. The number of carbonyl (C=O) groups excluding carboxylic acids is 2. The minimum Gasteiger partial charge on any atom is -0.461 e. The summed E-state index contributed by atoms with van der Waals surface area (Å²) < 4.78 is 10.8. The van der Waals surface area contributed by atoms with Gasteiger partial charge in [0, 0.05) is 17.3 Å². The number of aromatic nitrogens is 2. The Kier molecular flexibility index (Phi) is 5.91. The molecule has 7 heteroatoms. The first-order valence-electron chi connectivity index (χ1n) is 11.2. The van der Waals surface area contributed by atoms with Gasteiger partial charge in [-0.3, -0.25) is 4.79 Å². The van der Waals surface area contributed by atoms with Crippen LogP contribution in [0.4, 0.5) is 5.69 Å². The van der Waals surface area contributed by atoms with Crippen molar-refractivity contribution in [2.45, 2.75) is 25.7 Å². The van der Waals surface area contributed by atoms with E-state index in [9.17, 15) is 9.59 Å². The Bertz CT molecular complexity index is 1380. The number of carbonyl (C=O) groups is 2. The average Bonchev–Trinajstić information content (AvgIpc) is 3.70. The molecular formula is C27H23N3O4. The van der Waals surface area contributed by atoms with Gasteiger partial charge in [-0.2, -0.15) is 0 Å². The SMILES string of the molecule is CCOC(=O)c1cc(Oc2ccc3c(C(=O)Nc4cccc(C5CC5)c4)cccc3c2)ncn1. The molecule has 0 unspecified atom stereocenters. The maximum Gasteiger partial charge on any atom is 0.357 e. The van der Waals surface area contributed by atoms with Crippen molar-refractivity contribution in [2.24, 2.45) is 0 Å². The zero-order chi connectivity index (χ0) is 23.5. The van der Waals surface area contributed by atoms with E-state index >= 15 is 0 Å². The first-order valence-corrected chi connectivity index (χ1v) is 11.2. The molecule has 1 saturated carbocycles. The van der Waals surface area contributed by atoms with Crippen LogP contribution >= 0.6 is 0 Å². The molecule has 7 nitrogen and oxygen atoms in total. The van der Waals surface area contributed by atoms with Gasteiger partial charge < -0.3 is 14.8 Å². The summed E-state index contributed by atoms with van der Waals surface area (Å²) in [7, 11) is 0. The van der Waals surface area contributed by atoms with E-state index in [4.69, 9.17) is 9.47 Å². The largest absolute Gasteiger partial charge is 0.461 e. The Labute approximate surface area is 196 Å². The molecule has 170 valence electrons. The lowest BCUT2D eigenvalue weighted by Gasteiger charge is -2.11. The molecule has 34 heavy (non-hydrogen) atoms. The molecule has 3 aromatic carbocycles. The van der Waals surface area contributed by atoms with E-state index in [1.165, 1.54) is 30.8 Å². The predicted octanol–water partition coefficient (Wildman–Crippen LogP) is 5.73. The summed E-state index contributed by atoms with van der Waals surface area (Å²) in [5.41, 5.74) is 2.77. The minimum absolute atomic E-state index is 0.123. The van der Waals surface area contributed by atoms with Crippen molar-refractivity contribution in [1.82, 2.24) is 9.97 Å². The number of benzene rings is 3. The highest BCUT2D eigenvalue weighted by Gasteiger charge is 2.23. The van der Waals surface area contributed by atoms with Crippen LogP contribution in [-0.4, -0.2) is 28.5 Å². The molecular weight excluding hydrogens is 430 g/mol. The van der Waals surface area contributed by atoms with Crippen LogP contribution in [0.3, 0.4) is 0 Å². The average molecular weight is 453 g/mol. The van der Waals surface area contributed by atoms with Crippen LogP contribution in [-0.2, 0) is 4.74 Å². The topological polar surface area (TPSA) is 90.4 Å². The van der Waals surface area contributed by atoms with Crippen molar-refractivity contribution in [1.29, 1.82) is 0 Å². The number of nitrogens with one attached hydrogen (secondary N) is 1. The first-order chi connectivity index (χ1) is 16.6. The zero-order valence-electron chi connectivity index (χ0n) is 18.7. The zero-order valence-corrected chi connectivity index (χ0v) is 18.7. The van der Waals surface area contributed by atoms with Gasteiger partial charge in [-0.05, 0) is 78.4 Å². The van der Waals surface area contributed by atoms with E-state index < -0.39 is 5.97 Å². The van der Waals surface area contributed by atoms with Gasteiger partial charge in [0.25, 0.3) is 5.91 Å². The summed E-state index contributed by atoms with van der Waals surface area (Å²) >= 11 is 0. The summed E-state index contributed by atoms with van der Waals surface area (Å²) in [5.74, 6) is 0.669. The van der Waals surface area contributed by atoms with E-state index in [1.54, 1.807) is 19.1 Å². The highest BCUT2D eigenvalue weighted by Crippen LogP contribution is 2.40. The van der Waals surface area contributed by atoms with Crippen LogP contribution in [0.15, 0.2) is 73.1 Å². The Balaban J connectivity index is 1.36. The minimum atomic E-state index is -0.536. The lowest BCUT2D eigenvalue weighted by molar-refractivity contribution is 0.0518. The summed E-state index contributed by atoms with van der Waals surface area (Å²) in [5, 5.41) is 4.67. The maximum atomic E-state index is 13.1. The van der Waals surface area contributed by atoms with Gasteiger partial charge in [0.1, 0.15) is 12.1 Å². The predicted molar refractivity (Wildman–Crippen MR) is 128 cm³/mol. The Morgan fingerprint density at radius 3 is 2.68 bits per heavy atom. The number of ether oxygens (including phenoxy) is 2. The second kappa shape index (κ2) is 9.31. The molecule has 1 heterocycles. The molecule has 0 radical (unpaired) electrons. The molecule has 0 atom stereocenters. The molecule has 0 bridgehead atoms. The quantitative estimate of drug-likeness (QED) is 0.360. The molecule has 4 aromatic rings. The third-order valence-corrected chi connectivity index (χ3v) is 5.64. The fourth-order valence-corrected chi connectivity index (χ4v) is 3.84. The van der Waals surface area contributed by atoms with Gasteiger partial charge in [0.05, 0.1) is 6.61 Å². The van der Waals surface area contributed by atoms with Crippen molar-refractivity contribution < 1.29 is 19.1 Å². The molecule has 1 aliphatic carbocycles. The van der Waals surface area contributed by atoms with Gasteiger partial charge in [0.15, 0.2) is 5.69 Å². The molecule has 1 amide bonds. The molecule has 1 fully saturated rings. The third-order valence-electron chi connectivity index (χ3n) is 5.64. The molecule has 0 aliphatic heterocycles. The van der Waals surface area contributed by atoms with Crippen molar-refractivity contribution in [3.63, 3.8) is 0 Å².